The summed E-state index contributed by atoms with van der Waals surface area (Å²) in [6.45, 7) is 4.59. The Labute approximate surface area is 272 Å². The maximum Gasteiger partial charge on any atom is 0.320 e. The zero-order valence-electron chi connectivity index (χ0n) is 30.3. The van der Waals surface area contributed by atoms with Gasteiger partial charge in [-0.2, -0.15) is 0 Å². The highest BCUT2D eigenvalue weighted by Gasteiger charge is 2.24. The fraction of sp³-hybridized carbons (Fsp3) is 0.975. The lowest BCUT2D eigenvalue weighted by atomic mass is 9.88. The van der Waals surface area contributed by atoms with E-state index in [1.807, 2.05) is 19.0 Å². The molecule has 3 heteroatoms. The van der Waals surface area contributed by atoms with Gasteiger partial charge in [0.1, 0.15) is 6.04 Å². The minimum absolute atomic E-state index is 0.335. The molecule has 0 spiro atoms. The summed E-state index contributed by atoms with van der Waals surface area (Å²) in [6.07, 6.45) is 45.3. The van der Waals surface area contributed by atoms with E-state index in [-0.39, 0.29) is 6.04 Å². The molecule has 0 radical (unpaired) electrons. The van der Waals surface area contributed by atoms with Gasteiger partial charge in [0.2, 0.25) is 0 Å². The highest BCUT2D eigenvalue weighted by molar-refractivity contribution is 5.73. The van der Waals surface area contributed by atoms with Crippen molar-refractivity contribution in [2.24, 2.45) is 5.92 Å². The Hall–Kier alpha value is -0.570. The van der Waals surface area contributed by atoms with Crippen LogP contribution >= 0.6 is 0 Å². The third kappa shape index (κ3) is 31.2. The Morgan fingerprint density at radius 1 is 0.442 bits per heavy atom. The largest absolute Gasteiger partial charge is 0.480 e. The van der Waals surface area contributed by atoms with Crippen molar-refractivity contribution in [2.45, 2.75) is 232 Å². The van der Waals surface area contributed by atoms with Gasteiger partial charge in [-0.15, -0.1) is 0 Å². The third-order valence-electron chi connectivity index (χ3n) is 9.90. The Balaban J connectivity index is 3.89. The maximum atomic E-state index is 11.9. The molecule has 0 amide bonds. The smallest absolute Gasteiger partial charge is 0.320 e. The summed E-state index contributed by atoms with van der Waals surface area (Å²) in [7, 11) is 3.86. The summed E-state index contributed by atoms with van der Waals surface area (Å²) in [4.78, 5) is 13.8. The minimum Gasteiger partial charge on any atom is -0.480 e. The van der Waals surface area contributed by atoms with E-state index < -0.39 is 5.97 Å². The fourth-order valence-corrected chi connectivity index (χ4v) is 6.84. The summed E-state index contributed by atoms with van der Waals surface area (Å²) in [5.74, 6) is -0.0876. The number of rotatable bonds is 36. The number of likely N-dealkylation sites (N-methyl/N-ethyl adjacent to an activating group) is 1. The maximum absolute atomic E-state index is 11.9. The lowest BCUT2D eigenvalue weighted by molar-refractivity contribution is -0.143. The Morgan fingerprint density at radius 2 is 0.674 bits per heavy atom. The van der Waals surface area contributed by atoms with Crippen LogP contribution in [0.3, 0.4) is 0 Å². The average Bonchev–Trinajstić information content (AvgIpc) is 2.98. The molecule has 0 fully saturated rings. The van der Waals surface area contributed by atoms with Crippen molar-refractivity contribution < 1.29 is 9.90 Å². The van der Waals surface area contributed by atoms with Crippen molar-refractivity contribution in [2.75, 3.05) is 14.1 Å². The Kier molecular flexibility index (Phi) is 33.9. The monoisotopic (exact) mass is 608 g/mol. The lowest BCUT2D eigenvalue weighted by Crippen LogP contribution is -2.37. The molecule has 0 rings (SSSR count). The molecule has 0 heterocycles. The molecule has 0 aromatic rings. The summed E-state index contributed by atoms with van der Waals surface area (Å²) in [5, 5.41) is 9.76. The van der Waals surface area contributed by atoms with Gasteiger partial charge in [-0.25, -0.2) is 0 Å². The normalized spacial score (nSPS) is 13.1. The van der Waals surface area contributed by atoms with Crippen molar-refractivity contribution in [3.05, 3.63) is 0 Å². The van der Waals surface area contributed by atoms with Gasteiger partial charge in [0, 0.05) is 0 Å². The van der Waals surface area contributed by atoms with Crippen molar-refractivity contribution in [1.29, 1.82) is 0 Å². The quantitative estimate of drug-likeness (QED) is 0.0720. The number of nitrogens with zero attached hydrogens (tertiary/aromatic N) is 1. The number of carboxylic acids is 1. The van der Waals surface area contributed by atoms with Crippen molar-refractivity contribution in [1.82, 2.24) is 4.90 Å². The van der Waals surface area contributed by atoms with E-state index in [2.05, 4.69) is 13.8 Å². The zero-order valence-corrected chi connectivity index (χ0v) is 30.3. The molecule has 0 aromatic heterocycles. The second kappa shape index (κ2) is 34.3. The topological polar surface area (TPSA) is 40.5 Å². The number of unbranched alkanes of at least 4 members (excludes halogenated alkanes) is 28. The number of hydrogen-bond acceptors (Lipinski definition) is 2. The van der Waals surface area contributed by atoms with Crippen LogP contribution in [0, 0.1) is 5.92 Å². The molecule has 2 unspecified atom stereocenters. The molecular weight excluding hydrogens is 526 g/mol. The van der Waals surface area contributed by atoms with Crippen molar-refractivity contribution in [3.63, 3.8) is 0 Å². The predicted molar refractivity (Wildman–Crippen MR) is 192 cm³/mol. The molecule has 258 valence electrons. The summed E-state index contributed by atoms with van der Waals surface area (Å²) < 4.78 is 0. The van der Waals surface area contributed by atoms with E-state index >= 15 is 0 Å². The lowest BCUT2D eigenvalue weighted by Gasteiger charge is -2.25. The van der Waals surface area contributed by atoms with E-state index in [0.29, 0.717) is 5.92 Å². The molecule has 0 aliphatic heterocycles. The van der Waals surface area contributed by atoms with Crippen LogP contribution in [0.2, 0.25) is 0 Å². The van der Waals surface area contributed by atoms with Crippen LogP contribution in [-0.4, -0.2) is 36.1 Å². The highest BCUT2D eigenvalue weighted by atomic mass is 16.4. The first-order valence-corrected chi connectivity index (χ1v) is 19.9. The van der Waals surface area contributed by atoms with Crippen LogP contribution in [0.1, 0.15) is 226 Å². The summed E-state index contributed by atoms with van der Waals surface area (Å²) in [6, 6.07) is -0.335. The van der Waals surface area contributed by atoms with Gasteiger partial charge in [-0.05, 0) is 26.4 Å². The molecule has 0 saturated heterocycles. The third-order valence-corrected chi connectivity index (χ3v) is 9.90. The molecule has 0 saturated carbocycles. The number of carboxylic acid groups (broad SMARTS) is 1. The molecule has 0 bridgehead atoms. The first kappa shape index (κ1) is 42.4. The van der Waals surface area contributed by atoms with E-state index in [0.717, 1.165) is 6.42 Å². The van der Waals surface area contributed by atoms with Crippen molar-refractivity contribution in [3.8, 4) is 0 Å². The Morgan fingerprint density at radius 3 is 0.884 bits per heavy atom. The Bertz CT molecular complexity index is 549. The molecular formula is C40H81NO2. The van der Waals surface area contributed by atoms with E-state index in [1.165, 1.54) is 205 Å². The number of aliphatic carboxylic acids is 1. The molecule has 0 aliphatic rings. The van der Waals surface area contributed by atoms with Gasteiger partial charge in [-0.3, -0.25) is 9.69 Å². The molecule has 0 aliphatic carbocycles. The van der Waals surface area contributed by atoms with E-state index in [1.54, 1.807) is 0 Å². The average molecular weight is 608 g/mol. The zero-order chi connectivity index (χ0) is 31.6. The standard InChI is InChI=1S/C40H81NO2/c1-5-7-9-11-13-15-17-19-21-22-24-26-28-30-32-34-36-38(37-39(40(42)43)41(3)4)35-33-31-29-27-25-23-20-18-16-14-12-10-8-6-2/h38-39H,5-37H2,1-4H3,(H,42,43). The van der Waals surface area contributed by atoms with Crippen LogP contribution < -0.4 is 0 Å². The highest BCUT2D eigenvalue weighted by Crippen LogP contribution is 2.25. The molecule has 3 nitrogen and oxygen atoms in total. The van der Waals surface area contributed by atoms with Gasteiger partial charge in [0.25, 0.3) is 0 Å². The first-order valence-electron chi connectivity index (χ1n) is 19.9. The van der Waals surface area contributed by atoms with Gasteiger partial charge in [0.15, 0.2) is 0 Å². The molecule has 2 atom stereocenters. The van der Waals surface area contributed by atoms with Gasteiger partial charge in [0.05, 0.1) is 0 Å². The van der Waals surface area contributed by atoms with Gasteiger partial charge >= 0.3 is 5.97 Å². The van der Waals surface area contributed by atoms with Crippen LogP contribution in [0.4, 0.5) is 0 Å². The van der Waals surface area contributed by atoms with Crippen LogP contribution in [0.5, 0.6) is 0 Å². The summed E-state index contributed by atoms with van der Waals surface area (Å²) in [5.41, 5.74) is 0. The first-order chi connectivity index (χ1) is 21.0. The summed E-state index contributed by atoms with van der Waals surface area (Å²) >= 11 is 0. The second-order valence-electron chi connectivity index (χ2n) is 14.4. The number of hydrogen-bond donors (Lipinski definition) is 1. The van der Waals surface area contributed by atoms with E-state index in [4.69, 9.17) is 0 Å². The SMILES string of the molecule is CCCCCCCCCCCCCCCCCCC(CCCCCCCCCCCCCCCC)CC(C(=O)O)N(C)C. The number of carbonyl (C=O) groups is 1. The van der Waals surface area contributed by atoms with Gasteiger partial charge < -0.3 is 5.11 Å². The second-order valence-corrected chi connectivity index (χ2v) is 14.4. The predicted octanol–water partition coefficient (Wildman–Crippen LogP) is 13.5. The minimum atomic E-state index is -0.650. The van der Waals surface area contributed by atoms with Gasteiger partial charge in [-0.1, -0.05) is 219 Å². The van der Waals surface area contributed by atoms with Crippen LogP contribution in [0.25, 0.3) is 0 Å². The van der Waals surface area contributed by atoms with Crippen molar-refractivity contribution >= 4 is 5.97 Å². The van der Waals surface area contributed by atoms with E-state index in [9.17, 15) is 9.90 Å². The molecule has 1 N–H and O–H groups in total. The van der Waals surface area contributed by atoms with Crippen LogP contribution in [-0.2, 0) is 4.79 Å². The fourth-order valence-electron chi connectivity index (χ4n) is 6.84. The molecule has 0 aromatic carbocycles. The molecule has 43 heavy (non-hydrogen) atoms. The van der Waals surface area contributed by atoms with Crippen LogP contribution in [0.15, 0.2) is 0 Å².